The molecule has 0 amide bonds. The molecule has 0 unspecified atom stereocenters. The predicted molar refractivity (Wildman–Crippen MR) is 55.4 cm³/mol. The summed E-state index contributed by atoms with van der Waals surface area (Å²) in [7, 11) is 0. The van der Waals surface area contributed by atoms with Crippen LogP contribution in [-0.4, -0.2) is 32.6 Å². The first-order chi connectivity index (χ1) is 6.90. The smallest absolute Gasteiger partial charge is 0.208 e. The number of rotatable bonds is 6. The van der Waals surface area contributed by atoms with E-state index in [1.54, 1.807) is 11.8 Å². The molecular formula is C9H15N3OS. The van der Waals surface area contributed by atoms with Gasteiger partial charge in [-0.3, -0.25) is 5.10 Å². The Hall–Kier alpha value is -0.550. The molecule has 0 radical (unpaired) electrons. The highest BCUT2D eigenvalue weighted by Gasteiger charge is 2.26. The monoisotopic (exact) mass is 213 g/mol. The lowest BCUT2D eigenvalue weighted by molar-refractivity contribution is 0.287. The largest absolute Gasteiger partial charge is 0.396 e. The van der Waals surface area contributed by atoms with Gasteiger partial charge in [0.1, 0.15) is 5.82 Å². The maximum absolute atomic E-state index is 8.60. The van der Waals surface area contributed by atoms with Crippen LogP contribution in [0.1, 0.15) is 37.4 Å². The second-order valence-corrected chi connectivity index (χ2v) is 4.62. The Balaban J connectivity index is 1.72. The number of hydrogen-bond donors (Lipinski definition) is 2. The number of aromatic nitrogens is 3. The Morgan fingerprint density at radius 1 is 1.43 bits per heavy atom. The lowest BCUT2D eigenvalue weighted by Gasteiger charge is -1.94. The summed E-state index contributed by atoms with van der Waals surface area (Å²) >= 11 is 1.66. The summed E-state index contributed by atoms with van der Waals surface area (Å²) in [5.74, 6) is 2.69. The standard InChI is InChI=1S/C9H15N3OS/c13-5-1-2-6-14-9-10-8(11-12-9)7-3-4-7/h7,13H,1-6H2,(H,10,11,12). The van der Waals surface area contributed by atoms with Crippen molar-refractivity contribution in [3.05, 3.63) is 5.82 Å². The van der Waals surface area contributed by atoms with Crippen molar-refractivity contribution in [2.24, 2.45) is 0 Å². The van der Waals surface area contributed by atoms with E-state index in [0.717, 1.165) is 29.6 Å². The SMILES string of the molecule is OCCCCSc1n[nH]c(C2CC2)n1. The second-order valence-electron chi connectivity index (χ2n) is 3.56. The molecule has 1 aliphatic carbocycles. The minimum atomic E-state index is 0.280. The zero-order valence-corrected chi connectivity index (χ0v) is 8.89. The molecule has 0 spiro atoms. The summed E-state index contributed by atoms with van der Waals surface area (Å²) in [6, 6.07) is 0. The third-order valence-electron chi connectivity index (χ3n) is 2.23. The second kappa shape index (κ2) is 4.79. The molecular weight excluding hydrogens is 198 g/mol. The molecule has 0 bridgehead atoms. The quantitative estimate of drug-likeness (QED) is 0.556. The normalized spacial score (nSPS) is 16.1. The van der Waals surface area contributed by atoms with E-state index in [0.29, 0.717) is 5.92 Å². The first-order valence-corrected chi connectivity index (χ1v) is 6.04. The Kier molecular flexibility index (Phi) is 3.42. The van der Waals surface area contributed by atoms with Crippen LogP contribution in [-0.2, 0) is 0 Å². The fourth-order valence-corrected chi connectivity index (χ4v) is 2.04. The molecule has 1 fully saturated rings. The summed E-state index contributed by atoms with van der Waals surface area (Å²) < 4.78 is 0. The summed E-state index contributed by atoms with van der Waals surface area (Å²) in [6.45, 7) is 0.280. The fourth-order valence-electron chi connectivity index (χ4n) is 1.24. The van der Waals surface area contributed by atoms with Gasteiger partial charge in [0.2, 0.25) is 5.16 Å². The maximum Gasteiger partial charge on any atom is 0.208 e. The molecule has 1 heterocycles. The molecule has 0 saturated heterocycles. The van der Waals surface area contributed by atoms with Crippen LogP contribution in [0.25, 0.3) is 0 Å². The number of unbranched alkanes of at least 4 members (excludes halogenated alkanes) is 1. The number of nitrogens with zero attached hydrogens (tertiary/aromatic N) is 2. The molecule has 0 aliphatic heterocycles. The van der Waals surface area contributed by atoms with E-state index in [4.69, 9.17) is 5.11 Å². The lowest BCUT2D eigenvalue weighted by atomic mass is 10.4. The molecule has 1 saturated carbocycles. The van der Waals surface area contributed by atoms with Crippen LogP contribution in [0.4, 0.5) is 0 Å². The molecule has 0 aromatic carbocycles. The minimum Gasteiger partial charge on any atom is -0.396 e. The molecule has 2 rings (SSSR count). The van der Waals surface area contributed by atoms with Gasteiger partial charge in [0.15, 0.2) is 0 Å². The Morgan fingerprint density at radius 2 is 2.29 bits per heavy atom. The highest BCUT2D eigenvalue weighted by atomic mass is 32.2. The van der Waals surface area contributed by atoms with Crippen molar-refractivity contribution in [2.75, 3.05) is 12.4 Å². The molecule has 1 aromatic heterocycles. The first kappa shape index (κ1) is 9.98. The van der Waals surface area contributed by atoms with Crippen LogP contribution in [0.5, 0.6) is 0 Å². The van der Waals surface area contributed by atoms with Gasteiger partial charge in [-0.15, -0.1) is 5.10 Å². The van der Waals surface area contributed by atoms with Gasteiger partial charge >= 0.3 is 0 Å². The first-order valence-electron chi connectivity index (χ1n) is 5.06. The molecule has 78 valence electrons. The van der Waals surface area contributed by atoms with E-state index >= 15 is 0 Å². The predicted octanol–water partition coefficient (Wildman–Crippen LogP) is 1.55. The number of aliphatic hydroxyl groups excluding tert-OH is 1. The number of H-pyrrole nitrogens is 1. The Morgan fingerprint density at radius 3 is 3.00 bits per heavy atom. The zero-order valence-electron chi connectivity index (χ0n) is 8.07. The average Bonchev–Trinajstić information content (AvgIpc) is 2.94. The summed E-state index contributed by atoms with van der Waals surface area (Å²) in [5, 5.41) is 16.6. The third-order valence-corrected chi connectivity index (χ3v) is 3.16. The van der Waals surface area contributed by atoms with Gasteiger partial charge in [-0.2, -0.15) is 0 Å². The van der Waals surface area contributed by atoms with Crippen LogP contribution in [0.3, 0.4) is 0 Å². The van der Waals surface area contributed by atoms with Gasteiger partial charge in [0, 0.05) is 18.3 Å². The van der Waals surface area contributed by atoms with Crippen molar-refractivity contribution >= 4 is 11.8 Å². The van der Waals surface area contributed by atoms with E-state index in [1.807, 2.05) is 0 Å². The lowest BCUT2D eigenvalue weighted by Crippen LogP contribution is -1.86. The van der Waals surface area contributed by atoms with Crippen molar-refractivity contribution in [3.63, 3.8) is 0 Å². The zero-order chi connectivity index (χ0) is 9.80. The molecule has 5 heteroatoms. The van der Waals surface area contributed by atoms with Crippen molar-refractivity contribution < 1.29 is 5.11 Å². The van der Waals surface area contributed by atoms with Crippen molar-refractivity contribution in [1.29, 1.82) is 0 Å². The van der Waals surface area contributed by atoms with E-state index in [2.05, 4.69) is 15.2 Å². The van der Waals surface area contributed by atoms with Gasteiger partial charge in [0.25, 0.3) is 0 Å². The summed E-state index contributed by atoms with van der Waals surface area (Å²) in [4.78, 5) is 4.40. The molecule has 2 N–H and O–H groups in total. The number of thioether (sulfide) groups is 1. The average molecular weight is 213 g/mol. The van der Waals surface area contributed by atoms with E-state index < -0.39 is 0 Å². The van der Waals surface area contributed by atoms with Crippen LogP contribution < -0.4 is 0 Å². The van der Waals surface area contributed by atoms with Crippen LogP contribution in [0.15, 0.2) is 5.16 Å². The van der Waals surface area contributed by atoms with Crippen molar-refractivity contribution in [2.45, 2.75) is 36.8 Å². The summed E-state index contributed by atoms with van der Waals surface area (Å²) in [6.07, 6.45) is 4.40. The van der Waals surface area contributed by atoms with Gasteiger partial charge in [-0.1, -0.05) is 11.8 Å². The maximum atomic E-state index is 8.60. The number of aliphatic hydroxyl groups is 1. The van der Waals surface area contributed by atoms with Crippen LogP contribution >= 0.6 is 11.8 Å². The van der Waals surface area contributed by atoms with E-state index in [9.17, 15) is 0 Å². The van der Waals surface area contributed by atoms with Crippen molar-refractivity contribution in [3.8, 4) is 0 Å². The van der Waals surface area contributed by atoms with Gasteiger partial charge in [0.05, 0.1) is 0 Å². The van der Waals surface area contributed by atoms with Crippen LogP contribution in [0, 0.1) is 0 Å². The fraction of sp³-hybridized carbons (Fsp3) is 0.778. The highest BCUT2D eigenvalue weighted by molar-refractivity contribution is 7.99. The number of hydrogen-bond acceptors (Lipinski definition) is 4. The van der Waals surface area contributed by atoms with Gasteiger partial charge < -0.3 is 5.11 Å². The number of aromatic amines is 1. The molecule has 1 aliphatic rings. The highest BCUT2D eigenvalue weighted by Crippen LogP contribution is 2.38. The summed E-state index contributed by atoms with van der Waals surface area (Å²) in [5.41, 5.74) is 0. The molecule has 0 atom stereocenters. The van der Waals surface area contributed by atoms with E-state index in [-0.39, 0.29) is 6.61 Å². The molecule has 1 aromatic rings. The van der Waals surface area contributed by atoms with Crippen LogP contribution in [0.2, 0.25) is 0 Å². The van der Waals surface area contributed by atoms with Gasteiger partial charge in [-0.25, -0.2) is 4.98 Å². The van der Waals surface area contributed by atoms with Gasteiger partial charge in [-0.05, 0) is 25.7 Å². The molecule has 4 nitrogen and oxygen atoms in total. The number of nitrogens with one attached hydrogen (secondary N) is 1. The minimum absolute atomic E-state index is 0.280. The van der Waals surface area contributed by atoms with Crippen molar-refractivity contribution in [1.82, 2.24) is 15.2 Å². The topological polar surface area (TPSA) is 61.8 Å². The third kappa shape index (κ3) is 2.72. The molecule has 14 heavy (non-hydrogen) atoms. The Bertz CT molecular complexity index is 285. The van der Waals surface area contributed by atoms with E-state index in [1.165, 1.54) is 12.8 Å². The Labute approximate surface area is 87.5 Å².